The van der Waals surface area contributed by atoms with Crippen LogP contribution in [0.1, 0.15) is 51.2 Å². The molecule has 2 aromatic carbocycles. The number of hydrogen-bond donors (Lipinski definition) is 2. The Bertz CT molecular complexity index is 970. The number of benzene rings is 2. The Balaban J connectivity index is 1.65. The number of amides is 1. The molecule has 33 heavy (non-hydrogen) atoms. The van der Waals surface area contributed by atoms with Gasteiger partial charge in [0.2, 0.25) is 0 Å². The molecule has 3 rings (SSSR count). The lowest BCUT2D eigenvalue weighted by atomic mass is 9.98. The fraction of sp³-hybridized carbons (Fsp3) is 0.423. The molecule has 0 fully saturated rings. The van der Waals surface area contributed by atoms with Crippen LogP contribution in [0.3, 0.4) is 0 Å². The lowest BCUT2D eigenvalue weighted by Gasteiger charge is -2.24. The summed E-state index contributed by atoms with van der Waals surface area (Å²) < 4.78 is 10.7. The van der Waals surface area contributed by atoms with Crippen molar-refractivity contribution in [3.05, 3.63) is 59.7 Å². The van der Waals surface area contributed by atoms with Crippen molar-refractivity contribution in [2.75, 3.05) is 6.61 Å². The first-order chi connectivity index (χ1) is 15.7. The van der Waals surface area contributed by atoms with Crippen LogP contribution in [0.2, 0.25) is 0 Å². The number of carboxylic acid groups (broad SMARTS) is 1. The standard InChI is InChI=1S/C26H31NO6/c1-15(2)13-22(24(28)29)33-25(30)23(16(3)4)27-26(31)32-14-21-19-11-7-5-9-17(19)18-10-6-8-12-20(18)21/h5-12,15-16,21-23H,13-14H2,1-4H3,(H,27,31)(H,28,29)/t22?,23-/m0/s1. The van der Waals surface area contributed by atoms with E-state index in [2.05, 4.69) is 17.4 Å². The first kappa shape index (κ1) is 24.3. The van der Waals surface area contributed by atoms with Gasteiger partial charge in [0.1, 0.15) is 12.6 Å². The Morgan fingerprint density at radius 3 is 1.97 bits per heavy atom. The average molecular weight is 454 g/mol. The molecule has 0 radical (unpaired) electrons. The topological polar surface area (TPSA) is 102 Å². The van der Waals surface area contributed by atoms with Crippen LogP contribution in [0.25, 0.3) is 11.1 Å². The number of nitrogens with one attached hydrogen (secondary N) is 1. The second-order valence-electron chi connectivity index (χ2n) is 9.08. The van der Waals surface area contributed by atoms with Crippen LogP contribution in [-0.4, -0.2) is 41.9 Å². The lowest BCUT2D eigenvalue weighted by Crippen LogP contribution is -2.47. The van der Waals surface area contributed by atoms with Crippen LogP contribution in [0.15, 0.2) is 48.5 Å². The molecule has 0 aromatic heterocycles. The van der Waals surface area contributed by atoms with Gasteiger partial charge >= 0.3 is 18.0 Å². The number of esters is 1. The largest absolute Gasteiger partial charge is 0.479 e. The molecule has 7 heteroatoms. The number of hydrogen-bond acceptors (Lipinski definition) is 5. The number of ether oxygens (including phenoxy) is 2. The lowest BCUT2D eigenvalue weighted by molar-refractivity contribution is -0.167. The van der Waals surface area contributed by atoms with Gasteiger partial charge in [-0.3, -0.25) is 0 Å². The van der Waals surface area contributed by atoms with Gasteiger partial charge < -0.3 is 19.9 Å². The SMILES string of the molecule is CC(C)CC(OC(=O)[C@@H](NC(=O)OCC1c2ccccc2-c2ccccc21)C(C)C)C(=O)O. The van der Waals surface area contributed by atoms with Crippen LogP contribution < -0.4 is 5.32 Å². The molecule has 176 valence electrons. The molecule has 0 saturated heterocycles. The first-order valence-corrected chi connectivity index (χ1v) is 11.2. The highest BCUT2D eigenvalue weighted by Crippen LogP contribution is 2.44. The van der Waals surface area contributed by atoms with E-state index < -0.39 is 30.2 Å². The summed E-state index contributed by atoms with van der Waals surface area (Å²) in [5.74, 6) is -2.37. The number of rotatable bonds is 9. The van der Waals surface area contributed by atoms with Gasteiger partial charge in [0.15, 0.2) is 6.10 Å². The van der Waals surface area contributed by atoms with E-state index in [4.69, 9.17) is 9.47 Å². The molecule has 0 bridgehead atoms. The summed E-state index contributed by atoms with van der Waals surface area (Å²) in [5.41, 5.74) is 4.42. The Kier molecular flexibility index (Phi) is 7.74. The predicted molar refractivity (Wildman–Crippen MR) is 124 cm³/mol. The third-order valence-corrected chi connectivity index (χ3v) is 5.76. The number of carbonyl (C=O) groups excluding carboxylic acids is 2. The van der Waals surface area contributed by atoms with Crippen molar-refractivity contribution in [3.8, 4) is 11.1 Å². The van der Waals surface area contributed by atoms with Gasteiger partial charge in [-0.2, -0.15) is 0 Å². The smallest absolute Gasteiger partial charge is 0.407 e. The normalized spacial score (nSPS) is 14.4. The van der Waals surface area contributed by atoms with E-state index in [0.717, 1.165) is 22.3 Å². The van der Waals surface area contributed by atoms with Gasteiger partial charge in [0, 0.05) is 5.92 Å². The summed E-state index contributed by atoms with van der Waals surface area (Å²) in [4.78, 5) is 36.7. The van der Waals surface area contributed by atoms with Crippen molar-refractivity contribution in [3.63, 3.8) is 0 Å². The molecular weight excluding hydrogens is 422 g/mol. The maximum Gasteiger partial charge on any atom is 0.407 e. The van der Waals surface area contributed by atoms with E-state index in [9.17, 15) is 19.5 Å². The average Bonchev–Trinajstić information content (AvgIpc) is 3.08. The zero-order valence-electron chi connectivity index (χ0n) is 19.4. The molecule has 1 amide bonds. The molecule has 2 atom stereocenters. The highest BCUT2D eigenvalue weighted by atomic mass is 16.6. The second-order valence-corrected chi connectivity index (χ2v) is 9.08. The fourth-order valence-corrected chi connectivity index (χ4v) is 4.11. The van der Waals surface area contributed by atoms with Gasteiger partial charge in [-0.15, -0.1) is 0 Å². The third-order valence-electron chi connectivity index (χ3n) is 5.76. The minimum Gasteiger partial charge on any atom is -0.479 e. The molecule has 0 aliphatic heterocycles. The van der Waals surface area contributed by atoms with Crippen LogP contribution in [0, 0.1) is 11.8 Å². The van der Waals surface area contributed by atoms with E-state index in [1.54, 1.807) is 13.8 Å². The van der Waals surface area contributed by atoms with Crippen molar-refractivity contribution in [1.29, 1.82) is 0 Å². The van der Waals surface area contributed by atoms with Crippen LogP contribution in [0.4, 0.5) is 4.79 Å². The van der Waals surface area contributed by atoms with Gasteiger partial charge in [0.25, 0.3) is 0 Å². The third kappa shape index (κ3) is 5.72. The molecule has 0 heterocycles. The number of alkyl carbamates (subject to hydrolysis) is 1. The van der Waals surface area contributed by atoms with Crippen LogP contribution in [0.5, 0.6) is 0 Å². The minimum atomic E-state index is -1.26. The predicted octanol–water partition coefficient (Wildman–Crippen LogP) is 4.59. The van der Waals surface area contributed by atoms with Crippen molar-refractivity contribution in [1.82, 2.24) is 5.32 Å². The molecule has 1 unspecified atom stereocenters. The summed E-state index contributed by atoms with van der Waals surface area (Å²) in [6.45, 7) is 7.30. The van der Waals surface area contributed by atoms with E-state index in [1.165, 1.54) is 0 Å². The maximum atomic E-state index is 12.6. The fourth-order valence-electron chi connectivity index (χ4n) is 4.11. The number of aliphatic carboxylic acids is 1. The molecule has 1 aliphatic carbocycles. The van der Waals surface area contributed by atoms with Gasteiger partial charge in [-0.1, -0.05) is 76.2 Å². The summed E-state index contributed by atoms with van der Waals surface area (Å²) >= 11 is 0. The highest BCUT2D eigenvalue weighted by molar-refractivity contribution is 5.84. The van der Waals surface area contributed by atoms with Crippen molar-refractivity contribution >= 4 is 18.0 Å². The minimum absolute atomic E-state index is 0.0338. The van der Waals surface area contributed by atoms with E-state index in [-0.39, 0.29) is 30.8 Å². The van der Waals surface area contributed by atoms with Gasteiger partial charge in [-0.25, -0.2) is 14.4 Å². The number of carboxylic acids is 1. The monoisotopic (exact) mass is 453 g/mol. The molecule has 0 spiro atoms. The Morgan fingerprint density at radius 2 is 1.48 bits per heavy atom. The molecule has 2 aromatic rings. The summed E-state index contributed by atoms with van der Waals surface area (Å²) in [7, 11) is 0. The van der Waals surface area contributed by atoms with Crippen LogP contribution in [-0.2, 0) is 19.1 Å². The number of fused-ring (bicyclic) bond motifs is 3. The Hall–Kier alpha value is -3.35. The first-order valence-electron chi connectivity index (χ1n) is 11.2. The van der Waals surface area contributed by atoms with E-state index >= 15 is 0 Å². The molecule has 1 aliphatic rings. The van der Waals surface area contributed by atoms with Crippen LogP contribution >= 0.6 is 0 Å². The molecule has 0 saturated carbocycles. The Morgan fingerprint density at radius 1 is 0.939 bits per heavy atom. The zero-order valence-corrected chi connectivity index (χ0v) is 19.4. The number of carbonyl (C=O) groups is 3. The molecular formula is C26H31NO6. The molecule has 7 nitrogen and oxygen atoms in total. The quantitative estimate of drug-likeness (QED) is 0.539. The maximum absolute atomic E-state index is 12.6. The van der Waals surface area contributed by atoms with E-state index in [1.807, 2.05) is 50.2 Å². The summed E-state index contributed by atoms with van der Waals surface area (Å²) in [6.07, 6.45) is -1.82. The summed E-state index contributed by atoms with van der Waals surface area (Å²) in [6, 6.07) is 15.0. The molecule has 2 N–H and O–H groups in total. The van der Waals surface area contributed by atoms with Crippen molar-refractivity contribution in [2.24, 2.45) is 11.8 Å². The van der Waals surface area contributed by atoms with Crippen molar-refractivity contribution < 1.29 is 29.0 Å². The van der Waals surface area contributed by atoms with Gasteiger partial charge in [0.05, 0.1) is 0 Å². The second kappa shape index (κ2) is 10.5. The highest BCUT2D eigenvalue weighted by Gasteiger charge is 2.33. The summed E-state index contributed by atoms with van der Waals surface area (Å²) in [5, 5.41) is 11.9. The van der Waals surface area contributed by atoms with Crippen molar-refractivity contribution in [2.45, 2.75) is 52.2 Å². The Labute approximate surface area is 194 Å². The van der Waals surface area contributed by atoms with Gasteiger partial charge in [-0.05, 0) is 40.5 Å². The van der Waals surface area contributed by atoms with E-state index in [0.29, 0.717) is 0 Å². The zero-order chi connectivity index (χ0) is 24.1.